The lowest BCUT2D eigenvalue weighted by atomic mass is 10.0. The van der Waals surface area contributed by atoms with E-state index in [9.17, 15) is 4.79 Å². The first-order valence-corrected chi connectivity index (χ1v) is 5.41. The number of carbonyl (C=O) groups is 1. The van der Waals surface area contributed by atoms with E-state index in [0.717, 1.165) is 24.4 Å². The van der Waals surface area contributed by atoms with Crippen LogP contribution in [0.2, 0.25) is 0 Å². The van der Waals surface area contributed by atoms with E-state index >= 15 is 0 Å². The van der Waals surface area contributed by atoms with E-state index in [2.05, 4.69) is 10.6 Å². The minimum absolute atomic E-state index is 0. The number of benzene rings is 1. The summed E-state index contributed by atoms with van der Waals surface area (Å²) in [5, 5.41) is 6.00. The molecule has 94 valence electrons. The molecule has 1 amide bonds. The second kappa shape index (κ2) is 6.47. The third-order valence-electron chi connectivity index (χ3n) is 2.78. The summed E-state index contributed by atoms with van der Waals surface area (Å²) < 4.78 is 5.06. The summed E-state index contributed by atoms with van der Waals surface area (Å²) in [4.78, 5) is 11.5. The monoisotopic (exact) mass is 256 g/mol. The van der Waals surface area contributed by atoms with Gasteiger partial charge in [-0.1, -0.05) is 12.1 Å². The van der Waals surface area contributed by atoms with Crippen molar-refractivity contribution in [1.29, 1.82) is 0 Å². The van der Waals surface area contributed by atoms with Crippen molar-refractivity contribution in [2.24, 2.45) is 5.92 Å². The molecule has 0 atom stereocenters. The van der Waals surface area contributed by atoms with Gasteiger partial charge in [0.05, 0.1) is 13.0 Å². The Morgan fingerprint density at radius 1 is 1.41 bits per heavy atom. The molecule has 0 aromatic heterocycles. The van der Waals surface area contributed by atoms with Gasteiger partial charge in [0.1, 0.15) is 5.75 Å². The van der Waals surface area contributed by atoms with Crippen molar-refractivity contribution in [2.45, 2.75) is 6.54 Å². The van der Waals surface area contributed by atoms with Crippen LogP contribution >= 0.6 is 12.4 Å². The summed E-state index contributed by atoms with van der Waals surface area (Å²) in [6, 6.07) is 7.70. The maximum Gasteiger partial charge on any atom is 0.225 e. The van der Waals surface area contributed by atoms with E-state index in [1.807, 2.05) is 24.3 Å². The number of rotatable bonds is 4. The molecule has 2 N–H and O–H groups in total. The molecule has 0 bridgehead atoms. The van der Waals surface area contributed by atoms with Crippen LogP contribution in [-0.4, -0.2) is 26.1 Å². The highest BCUT2D eigenvalue weighted by Gasteiger charge is 2.24. The van der Waals surface area contributed by atoms with Gasteiger partial charge in [0.15, 0.2) is 0 Å². The summed E-state index contributed by atoms with van der Waals surface area (Å²) in [7, 11) is 1.64. The highest BCUT2D eigenvalue weighted by atomic mass is 35.5. The number of amides is 1. The molecule has 1 aliphatic rings. The van der Waals surface area contributed by atoms with Gasteiger partial charge in [0.25, 0.3) is 0 Å². The van der Waals surface area contributed by atoms with Gasteiger partial charge in [-0.2, -0.15) is 0 Å². The zero-order chi connectivity index (χ0) is 11.4. The summed E-state index contributed by atoms with van der Waals surface area (Å²) >= 11 is 0. The molecule has 1 aliphatic heterocycles. The Morgan fingerprint density at radius 2 is 2.06 bits per heavy atom. The molecule has 1 heterocycles. The standard InChI is InChI=1S/C12H16N2O2.ClH/c1-16-11-4-2-9(3-5-11)6-14-12(15)10-7-13-8-10;/h2-5,10,13H,6-8H2,1H3,(H,14,15);1H. The second-order valence-corrected chi connectivity index (χ2v) is 3.92. The highest BCUT2D eigenvalue weighted by Crippen LogP contribution is 2.11. The Labute approximate surface area is 107 Å². The lowest BCUT2D eigenvalue weighted by molar-refractivity contribution is -0.126. The maximum atomic E-state index is 11.5. The molecular weight excluding hydrogens is 240 g/mol. The molecule has 0 radical (unpaired) electrons. The summed E-state index contributed by atoms with van der Waals surface area (Å²) in [6.45, 7) is 2.18. The molecule has 1 aromatic carbocycles. The number of carbonyl (C=O) groups excluding carboxylic acids is 1. The van der Waals surface area contributed by atoms with Gasteiger partial charge in [-0.05, 0) is 17.7 Å². The molecule has 1 aromatic rings. The Morgan fingerprint density at radius 3 is 2.53 bits per heavy atom. The Bertz CT molecular complexity index is 363. The molecule has 0 saturated carbocycles. The number of nitrogens with one attached hydrogen (secondary N) is 2. The molecular formula is C12H17ClN2O2. The second-order valence-electron chi connectivity index (χ2n) is 3.92. The van der Waals surface area contributed by atoms with Gasteiger partial charge in [-0.3, -0.25) is 4.79 Å². The number of hydrogen-bond donors (Lipinski definition) is 2. The average Bonchev–Trinajstić information content (AvgIpc) is 2.25. The molecule has 1 fully saturated rings. The van der Waals surface area contributed by atoms with Gasteiger partial charge in [-0.15, -0.1) is 12.4 Å². The molecule has 17 heavy (non-hydrogen) atoms. The Kier molecular flexibility index (Phi) is 5.25. The SMILES string of the molecule is COc1ccc(CNC(=O)C2CNC2)cc1.Cl. The smallest absolute Gasteiger partial charge is 0.225 e. The number of ether oxygens (including phenoxy) is 1. The first-order valence-electron chi connectivity index (χ1n) is 5.41. The third-order valence-corrected chi connectivity index (χ3v) is 2.78. The normalized spacial score (nSPS) is 14.4. The number of methoxy groups -OCH3 is 1. The molecule has 0 unspecified atom stereocenters. The van der Waals surface area contributed by atoms with Crippen molar-refractivity contribution in [1.82, 2.24) is 10.6 Å². The van der Waals surface area contributed by atoms with E-state index in [-0.39, 0.29) is 24.2 Å². The molecule has 2 rings (SSSR count). The van der Waals surface area contributed by atoms with Crippen LogP contribution < -0.4 is 15.4 Å². The molecule has 1 saturated heterocycles. The van der Waals surface area contributed by atoms with Crippen LogP contribution in [0, 0.1) is 5.92 Å². The fraction of sp³-hybridized carbons (Fsp3) is 0.417. The van der Waals surface area contributed by atoms with Crippen molar-refractivity contribution in [3.05, 3.63) is 29.8 Å². The van der Waals surface area contributed by atoms with Gasteiger partial charge in [-0.25, -0.2) is 0 Å². The fourth-order valence-electron chi connectivity index (χ4n) is 1.55. The van der Waals surface area contributed by atoms with Crippen molar-refractivity contribution in [3.63, 3.8) is 0 Å². The highest BCUT2D eigenvalue weighted by molar-refractivity contribution is 5.85. The summed E-state index contributed by atoms with van der Waals surface area (Å²) in [5.74, 6) is 1.12. The average molecular weight is 257 g/mol. The molecule has 4 nitrogen and oxygen atoms in total. The summed E-state index contributed by atoms with van der Waals surface area (Å²) in [6.07, 6.45) is 0. The summed E-state index contributed by atoms with van der Waals surface area (Å²) in [5.41, 5.74) is 1.08. The van der Waals surface area contributed by atoms with E-state index in [1.165, 1.54) is 0 Å². The van der Waals surface area contributed by atoms with E-state index in [0.29, 0.717) is 6.54 Å². The van der Waals surface area contributed by atoms with Crippen LogP contribution in [0.5, 0.6) is 5.75 Å². The van der Waals surface area contributed by atoms with Gasteiger partial charge in [0.2, 0.25) is 5.91 Å². The van der Waals surface area contributed by atoms with E-state index < -0.39 is 0 Å². The van der Waals surface area contributed by atoms with Crippen LogP contribution in [0.25, 0.3) is 0 Å². The van der Waals surface area contributed by atoms with Crippen molar-refractivity contribution >= 4 is 18.3 Å². The maximum absolute atomic E-state index is 11.5. The third kappa shape index (κ3) is 3.61. The lowest BCUT2D eigenvalue weighted by Gasteiger charge is -2.25. The minimum Gasteiger partial charge on any atom is -0.497 e. The number of hydrogen-bond acceptors (Lipinski definition) is 3. The van der Waals surface area contributed by atoms with Crippen LogP contribution in [0.4, 0.5) is 0 Å². The van der Waals surface area contributed by atoms with E-state index in [4.69, 9.17) is 4.74 Å². The molecule has 0 aliphatic carbocycles. The predicted octanol–water partition coefficient (Wildman–Crippen LogP) is 0.953. The first-order chi connectivity index (χ1) is 7.79. The predicted molar refractivity (Wildman–Crippen MR) is 68.4 cm³/mol. The first kappa shape index (κ1) is 13.8. The zero-order valence-electron chi connectivity index (χ0n) is 9.73. The number of halogens is 1. The van der Waals surface area contributed by atoms with Gasteiger partial charge in [0, 0.05) is 19.6 Å². The zero-order valence-corrected chi connectivity index (χ0v) is 10.5. The van der Waals surface area contributed by atoms with Crippen LogP contribution in [0.3, 0.4) is 0 Å². The molecule has 5 heteroatoms. The van der Waals surface area contributed by atoms with E-state index in [1.54, 1.807) is 7.11 Å². The van der Waals surface area contributed by atoms with Crippen LogP contribution in [0.15, 0.2) is 24.3 Å². The molecule has 0 spiro atoms. The minimum atomic E-state index is 0. The Balaban J connectivity index is 0.00000144. The lowest BCUT2D eigenvalue weighted by Crippen LogP contribution is -2.50. The Hall–Kier alpha value is -1.26. The van der Waals surface area contributed by atoms with Crippen LogP contribution in [-0.2, 0) is 11.3 Å². The van der Waals surface area contributed by atoms with Gasteiger partial charge >= 0.3 is 0 Å². The van der Waals surface area contributed by atoms with Crippen molar-refractivity contribution < 1.29 is 9.53 Å². The topological polar surface area (TPSA) is 50.4 Å². The fourth-order valence-corrected chi connectivity index (χ4v) is 1.55. The van der Waals surface area contributed by atoms with Crippen molar-refractivity contribution in [2.75, 3.05) is 20.2 Å². The van der Waals surface area contributed by atoms with Gasteiger partial charge < -0.3 is 15.4 Å². The van der Waals surface area contributed by atoms with Crippen molar-refractivity contribution in [3.8, 4) is 5.75 Å². The van der Waals surface area contributed by atoms with Crippen LogP contribution in [0.1, 0.15) is 5.56 Å². The largest absolute Gasteiger partial charge is 0.497 e. The quantitative estimate of drug-likeness (QED) is 0.844.